The molecule has 390 valence electrons. The van der Waals surface area contributed by atoms with Crippen molar-refractivity contribution in [1.82, 2.24) is 0 Å². The summed E-state index contributed by atoms with van der Waals surface area (Å²) in [7, 11) is 0. The van der Waals surface area contributed by atoms with Gasteiger partial charge in [-0.2, -0.15) is 0 Å². The van der Waals surface area contributed by atoms with E-state index in [2.05, 4.69) is 142 Å². The second kappa shape index (κ2) is 56.4. The first-order chi connectivity index (χ1) is 34.0. The fraction of sp³-hybridized carbons (Fsp3) is 0.635. The lowest BCUT2D eigenvalue weighted by Crippen LogP contribution is -2.30. The average Bonchev–Trinajstić information content (AvgIpc) is 3.35. The minimum atomic E-state index is -0.805. The third kappa shape index (κ3) is 54.6. The van der Waals surface area contributed by atoms with Crippen LogP contribution in [-0.2, 0) is 28.6 Å². The first kappa shape index (κ1) is 64.8. The second-order valence-corrected chi connectivity index (χ2v) is 18.1. The molecule has 0 aliphatic carbocycles. The highest BCUT2D eigenvalue weighted by molar-refractivity contribution is 5.71. The first-order valence-electron chi connectivity index (χ1n) is 28.0. The van der Waals surface area contributed by atoms with E-state index < -0.39 is 6.10 Å². The molecule has 0 aliphatic heterocycles. The van der Waals surface area contributed by atoms with E-state index in [-0.39, 0.29) is 31.1 Å². The Balaban J connectivity index is 4.41. The van der Waals surface area contributed by atoms with E-state index in [1.54, 1.807) is 0 Å². The lowest BCUT2D eigenvalue weighted by atomic mass is 10.1. The minimum absolute atomic E-state index is 0.102. The number of ether oxygens (including phenoxy) is 3. The van der Waals surface area contributed by atoms with Crippen LogP contribution in [0.4, 0.5) is 0 Å². The van der Waals surface area contributed by atoms with Gasteiger partial charge in [0.05, 0.1) is 0 Å². The summed E-state index contributed by atoms with van der Waals surface area (Å²) in [6.45, 7) is 6.39. The topological polar surface area (TPSA) is 78.9 Å². The van der Waals surface area contributed by atoms with Crippen LogP contribution in [0.3, 0.4) is 0 Å². The van der Waals surface area contributed by atoms with Crippen LogP contribution in [0.5, 0.6) is 0 Å². The van der Waals surface area contributed by atoms with Crippen molar-refractivity contribution in [3.05, 3.63) is 122 Å². The van der Waals surface area contributed by atoms with Gasteiger partial charge in [0.15, 0.2) is 6.10 Å². The summed E-state index contributed by atoms with van der Waals surface area (Å²) >= 11 is 0. The largest absolute Gasteiger partial charge is 0.462 e. The van der Waals surface area contributed by atoms with Crippen molar-refractivity contribution in [2.75, 3.05) is 13.2 Å². The highest BCUT2D eigenvalue weighted by Gasteiger charge is 2.19. The fourth-order valence-electron chi connectivity index (χ4n) is 7.22. The van der Waals surface area contributed by atoms with Crippen LogP contribution >= 0.6 is 0 Å². The summed E-state index contributed by atoms with van der Waals surface area (Å²) in [6, 6.07) is 0. The van der Waals surface area contributed by atoms with Crippen LogP contribution in [0.15, 0.2) is 122 Å². The van der Waals surface area contributed by atoms with Crippen LogP contribution in [0, 0.1) is 0 Å². The van der Waals surface area contributed by atoms with Gasteiger partial charge in [0.1, 0.15) is 13.2 Å². The first-order valence-corrected chi connectivity index (χ1v) is 28.0. The molecule has 0 aromatic heterocycles. The normalized spacial score (nSPS) is 13.0. The molecule has 0 heterocycles. The van der Waals surface area contributed by atoms with Gasteiger partial charge in [0.2, 0.25) is 0 Å². The van der Waals surface area contributed by atoms with Crippen LogP contribution in [0.25, 0.3) is 0 Å². The number of rotatable bonds is 49. The van der Waals surface area contributed by atoms with E-state index >= 15 is 0 Å². The summed E-state index contributed by atoms with van der Waals surface area (Å²) in [5, 5.41) is 0. The van der Waals surface area contributed by atoms with E-state index in [0.717, 1.165) is 154 Å². The maximum atomic E-state index is 12.8. The van der Waals surface area contributed by atoms with Gasteiger partial charge in [-0.05, 0) is 128 Å². The Hall–Kier alpha value is -4.19. The summed E-state index contributed by atoms with van der Waals surface area (Å²) < 4.78 is 16.8. The molecule has 0 spiro atoms. The summed E-state index contributed by atoms with van der Waals surface area (Å²) in [5.41, 5.74) is 0. The van der Waals surface area contributed by atoms with Gasteiger partial charge in [-0.25, -0.2) is 0 Å². The average molecular weight is 956 g/mol. The van der Waals surface area contributed by atoms with E-state index in [4.69, 9.17) is 14.2 Å². The van der Waals surface area contributed by atoms with Crippen molar-refractivity contribution < 1.29 is 28.6 Å². The van der Waals surface area contributed by atoms with Gasteiger partial charge >= 0.3 is 17.9 Å². The Morgan fingerprint density at radius 1 is 0.304 bits per heavy atom. The number of hydrogen-bond acceptors (Lipinski definition) is 6. The molecule has 0 rings (SSSR count). The van der Waals surface area contributed by atoms with Crippen LogP contribution in [0.1, 0.15) is 239 Å². The Labute approximate surface area is 424 Å². The molecule has 6 heteroatoms. The molecule has 1 unspecified atom stereocenters. The number of carbonyl (C=O) groups excluding carboxylic acids is 3. The van der Waals surface area contributed by atoms with Gasteiger partial charge in [-0.3, -0.25) is 14.4 Å². The molecule has 0 N–H and O–H groups in total. The van der Waals surface area contributed by atoms with Gasteiger partial charge in [0.25, 0.3) is 0 Å². The predicted molar refractivity (Wildman–Crippen MR) is 297 cm³/mol. The number of unbranched alkanes of at least 4 members (excludes halogenated alkanes) is 18. The maximum Gasteiger partial charge on any atom is 0.306 e. The molecule has 1 atom stereocenters. The summed E-state index contributed by atoms with van der Waals surface area (Å²) in [6.07, 6.45) is 77.6. The SMILES string of the molecule is CC/C=C\C/C=C\C/C=C\C/C=C\C/C=C\C/C=C\C/C=C\CCCCCC(=O)OCC(COC(=O)CCCCCCC/C=C\CCC)OC(=O)CCCCCCC/C=C\C/C=C\CCCCCC. The molecule has 0 saturated heterocycles. The summed E-state index contributed by atoms with van der Waals surface area (Å²) in [4.78, 5) is 38.0. The van der Waals surface area contributed by atoms with Crippen LogP contribution < -0.4 is 0 Å². The Morgan fingerprint density at radius 3 is 0.971 bits per heavy atom. The minimum Gasteiger partial charge on any atom is -0.462 e. The van der Waals surface area contributed by atoms with Gasteiger partial charge in [-0.1, -0.05) is 213 Å². The number of esters is 3. The molecule has 0 fully saturated rings. The highest BCUT2D eigenvalue weighted by atomic mass is 16.6. The molecule has 0 radical (unpaired) electrons. The van der Waals surface area contributed by atoms with Gasteiger partial charge < -0.3 is 14.2 Å². The lowest BCUT2D eigenvalue weighted by Gasteiger charge is -2.18. The van der Waals surface area contributed by atoms with Crippen molar-refractivity contribution in [3.63, 3.8) is 0 Å². The van der Waals surface area contributed by atoms with Gasteiger partial charge in [-0.15, -0.1) is 0 Å². The molecule has 6 nitrogen and oxygen atoms in total. The van der Waals surface area contributed by atoms with E-state index in [9.17, 15) is 14.4 Å². The molecule has 69 heavy (non-hydrogen) atoms. The molecule has 0 amide bonds. The number of hydrogen-bond donors (Lipinski definition) is 0. The van der Waals surface area contributed by atoms with Crippen molar-refractivity contribution in [2.24, 2.45) is 0 Å². The van der Waals surface area contributed by atoms with Gasteiger partial charge in [0, 0.05) is 19.3 Å². The molecular formula is C63H102O6. The monoisotopic (exact) mass is 955 g/mol. The van der Waals surface area contributed by atoms with E-state index in [0.29, 0.717) is 19.3 Å². The Morgan fingerprint density at radius 2 is 0.594 bits per heavy atom. The molecule has 0 aliphatic rings. The van der Waals surface area contributed by atoms with Crippen molar-refractivity contribution in [3.8, 4) is 0 Å². The Bertz CT molecular complexity index is 1470. The smallest absolute Gasteiger partial charge is 0.306 e. The lowest BCUT2D eigenvalue weighted by molar-refractivity contribution is -0.167. The fourth-order valence-corrected chi connectivity index (χ4v) is 7.22. The Kier molecular flexibility index (Phi) is 53.0. The quantitative estimate of drug-likeness (QED) is 0.0262. The van der Waals surface area contributed by atoms with E-state index in [1.165, 1.54) is 44.9 Å². The third-order valence-electron chi connectivity index (χ3n) is 11.4. The summed E-state index contributed by atoms with van der Waals surface area (Å²) in [5.74, 6) is -0.965. The zero-order valence-corrected chi connectivity index (χ0v) is 44.5. The predicted octanol–water partition coefficient (Wildman–Crippen LogP) is 18.9. The van der Waals surface area contributed by atoms with Crippen molar-refractivity contribution >= 4 is 17.9 Å². The molecular weight excluding hydrogens is 853 g/mol. The number of carbonyl (C=O) groups is 3. The van der Waals surface area contributed by atoms with Crippen LogP contribution in [0.2, 0.25) is 0 Å². The molecule has 0 aromatic carbocycles. The van der Waals surface area contributed by atoms with E-state index in [1.807, 2.05) is 0 Å². The molecule has 0 bridgehead atoms. The zero-order chi connectivity index (χ0) is 50.0. The number of allylic oxidation sites excluding steroid dienone is 20. The standard InChI is InChI=1S/C63H102O6/c1-4-7-10-13-16-19-22-24-26-28-29-30-31-32-33-34-35-36-38-39-41-44-47-50-53-56-62(65)68-59-60(58-67-61(64)55-52-49-46-43-21-18-15-12-9-6-3)69-63(66)57-54-51-48-45-42-40-37-27-25-23-20-17-14-11-8-5-2/h7,10,12,15-16,19-20,23-24,26-27,29-30,32-33,35-37,39,41,60H,4-6,8-9,11,13-14,17-18,21-22,25,28,31,34,38,40,42-59H2,1-3H3/b10-7-,15-12-,19-16-,23-20-,26-24-,30-29-,33-32-,36-35-,37-27-,41-39-. The van der Waals surface area contributed by atoms with Crippen molar-refractivity contribution in [2.45, 2.75) is 245 Å². The second-order valence-electron chi connectivity index (χ2n) is 18.1. The highest BCUT2D eigenvalue weighted by Crippen LogP contribution is 2.13. The van der Waals surface area contributed by atoms with Crippen molar-refractivity contribution in [1.29, 1.82) is 0 Å². The zero-order valence-electron chi connectivity index (χ0n) is 44.5. The third-order valence-corrected chi connectivity index (χ3v) is 11.4. The van der Waals surface area contributed by atoms with Crippen LogP contribution in [-0.4, -0.2) is 37.2 Å². The molecule has 0 aromatic rings. The molecule has 0 saturated carbocycles. The maximum absolute atomic E-state index is 12.8.